The Morgan fingerprint density at radius 2 is 2.21 bits per heavy atom. The van der Waals surface area contributed by atoms with E-state index in [4.69, 9.17) is 4.42 Å². The van der Waals surface area contributed by atoms with Crippen LogP contribution < -0.4 is 5.32 Å². The molecular formula is C13H11N3O2S. The molecule has 2 heterocycles. The van der Waals surface area contributed by atoms with Gasteiger partial charge >= 0.3 is 0 Å². The molecule has 0 saturated carbocycles. The molecule has 2 aromatic heterocycles. The van der Waals surface area contributed by atoms with Crippen molar-refractivity contribution in [3.8, 4) is 0 Å². The normalized spacial score (nSPS) is 10.8. The van der Waals surface area contributed by atoms with Crippen molar-refractivity contribution in [3.63, 3.8) is 0 Å². The van der Waals surface area contributed by atoms with Crippen LogP contribution in [0.3, 0.4) is 0 Å². The van der Waals surface area contributed by atoms with Crippen molar-refractivity contribution in [3.05, 3.63) is 40.7 Å². The Bertz CT molecular complexity index is 741. The molecule has 0 aliphatic carbocycles. The Morgan fingerprint density at radius 3 is 2.95 bits per heavy atom. The number of nitrogens with one attached hydrogen (secondary N) is 1. The molecule has 0 bridgehead atoms. The maximum atomic E-state index is 12.1. The van der Waals surface area contributed by atoms with E-state index in [9.17, 15) is 4.79 Å². The third kappa shape index (κ3) is 2.22. The summed E-state index contributed by atoms with van der Waals surface area (Å²) in [5.41, 5.74) is 2.79. The third-order valence-corrected chi connectivity index (χ3v) is 3.83. The number of fused-ring (bicyclic) bond motifs is 1. The van der Waals surface area contributed by atoms with Crippen LogP contribution in [0.2, 0.25) is 0 Å². The largest absolute Gasteiger partial charge is 0.443 e. The molecule has 1 amide bonds. The van der Waals surface area contributed by atoms with E-state index in [1.807, 2.05) is 13.8 Å². The monoisotopic (exact) mass is 273 g/mol. The van der Waals surface area contributed by atoms with Crippen LogP contribution in [-0.4, -0.2) is 15.9 Å². The minimum atomic E-state index is -0.202. The molecule has 0 spiro atoms. The van der Waals surface area contributed by atoms with Gasteiger partial charge in [0.2, 0.25) is 0 Å². The van der Waals surface area contributed by atoms with Crippen molar-refractivity contribution < 1.29 is 9.21 Å². The Hall–Kier alpha value is -2.21. The average molecular weight is 273 g/mol. The second-order valence-corrected chi connectivity index (χ2v) is 5.35. The van der Waals surface area contributed by atoms with Crippen molar-refractivity contribution in [1.82, 2.24) is 9.97 Å². The van der Waals surface area contributed by atoms with Gasteiger partial charge in [0.25, 0.3) is 5.91 Å². The Morgan fingerprint density at radius 1 is 1.37 bits per heavy atom. The number of carbonyl (C=O) groups is 1. The predicted molar refractivity (Wildman–Crippen MR) is 73.6 cm³/mol. The molecule has 1 N–H and O–H groups in total. The molecule has 0 unspecified atom stereocenters. The van der Waals surface area contributed by atoms with Crippen molar-refractivity contribution in [2.45, 2.75) is 13.8 Å². The Kier molecular flexibility index (Phi) is 2.79. The number of nitrogens with zero attached hydrogens (tertiary/aromatic N) is 2. The number of oxazole rings is 1. The highest BCUT2D eigenvalue weighted by Gasteiger charge is 2.11. The molecule has 19 heavy (non-hydrogen) atoms. The van der Waals surface area contributed by atoms with Crippen LogP contribution in [0.5, 0.6) is 0 Å². The number of hydrogen-bond acceptors (Lipinski definition) is 5. The fourth-order valence-corrected chi connectivity index (χ4v) is 2.50. The van der Waals surface area contributed by atoms with Gasteiger partial charge in [-0.25, -0.2) is 9.97 Å². The molecule has 6 heteroatoms. The second-order valence-electron chi connectivity index (χ2n) is 4.15. The van der Waals surface area contributed by atoms with Crippen LogP contribution in [0.15, 0.2) is 29.0 Å². The molecule has 0 radical (unpaired) electrons. The van der Waals surface area contributed by atoms with Gasteiger partial charge in [0.15, 0.2) is 17.1 Å². The number of aromatic nitrogens is 2. The number of anilines is 1. The third-order valence-electron chi connectivity index (χ3n) is 2.84. The van der Waals surface area contributed by atoms with E-state index in [0.29, 0.717) is 16.3 Å². The lowest BCUT2D eigenvalue weighted by molar-refractivity contribution is 0.102. The number of aryl methyl sites for hydroxylation is 2. The van der Waals surface area contributed by atoms with E-state index in [-0.39, 0.29) is 5.91 Å². The summed E-state index contributed by atoms with van der Waals surface area (Å²) in [5, 5.41) is 3.39. The van der Waals surface area contributed by atoms with Crippen molar-refractivity contribution >= 4 is 33.5 Å². The lowest BCUT2D eigenvalue weighted by Gasteiger charge is -2.00. The van der Waals surface area contributed by atoms with E-state index >= 15 is 0 Å². The van der Waals surface area contributed by atoms with Crippen LogP contribution in [0.4, 0.5) is 5.13 Å². The number of hydrogen-bond donors (Lipinski definition) is 1. The summed E-state index contributed by atoms with van der Waals surface area (Å²) in [4.78, 5) is 21.5. The molecule has 0 saturated heterocycles. The molecule has 3 aromatic rings. The van der Waals surface area contributed by atoms with E-state index in [0.717, 1.165) is 16.1 Å². The topological polar surface area (TPSA) is 68.0 Å². The van der Waals surface area contributed by atoms with Gasteiger partial charge in [-0.2, -0.15) is 0 Å². The molecule has 0 aliphatic heterocycles. The average Bonchev–Trinajstić information content (AvgIpc) is 2.96. The van der Waals surface area contributed by atoms with Crippen LogP contribution in [0.25, 0.3) is 11.1 Å². The highest BCUT2D eigenvalue weighted by atomic mass is 32.1. The zero-order valence-electron chi connectivity index (χ0n) is 10.4. The van der Waals surface area contributed by atoms with Gasteiger partial charge in [-0.3, -0.25) is 10.1 Å². The summed E-state index contributed by atoms with van der Waals surface area (Å²) in [7, 11) is 0. The molecule has 1 aromatic carbocycles. The first kappa shape index (κ1) is 11.9. The molecule has 0 aliphatic rings. The maximum absolute atomic E-state index is 12.1. The lowest BCUT2D eigenvalue weighted by Crippen LogP contribution is -2.11. The zero-order valence-corrected chi connectivity index (χ0v) is 11.2. The Balaban J connectivity index is 1.86. The zero-order chi connectivity index (χ0) is 13.4. The van der Waals surface area contributed by atoms with Gasteiger partial charge in [0.05, 0.1) is 5.69 Å². The van der Waals surface area contributed by atoms with Gasteiger partial charge in [-0.05, 0) is 32.0 Å². The van der Waals surface area contributed by atoms with E-state index in [1.54, 1.807) is 18.2 Å². The molecule has 96 valence electrons. The SMILES string of the molecule is Cc1nc(NC(=O)c2ccc3ncoc3c2)sc1C. The number of rotatable bonds is 2. The molecule has 3 rings (SSSR count). The summed E-state index contributed by atoms with van der Waals surface area (Å²) in [5.74, 6) is -0.202. The Labute approximate surface area is 113 Å². The summed E-state index contributed by atoms with van der Waals surface area (Å²) < 4.78 is 5.18. The minimum Gasteiger partial charge on any atom is -0.443 e. The molecule has 5 nitrogen and oxygen atoms in total. The summed E-state index contributed by atoms with van der Waals surface area (Å²) in [6.45, 7) is 3.89. The van der Waals surface area contributed by atoms with Gasteiger partial charge in [0, 0.05) is 10.4 Å². The van der Waals surface area contributed by atoms with E-state index in [2.05, 4.69) is 15.3 Å². The quantitative estimate of drug-likeness (QED) is 0.778. The van der Waals surface area contributed by atoms with E-state index < -0.39 is 0 Å². The summed E-state index contributed by atoms with van der Waals surface area (Å²) in [6.07, 6.45) is 1.36. The molecule has 0 atom stereocenters. The second kappa shape index (κ2) is 4.47. The predicted octanol–water partition coefficient (Wildman–Crippen LogP) is 3.15. The van der Waals surface area contributed by atoms with E-state index in [1.165, 1.54) is 17.7 Å². The maximum Gasteiger partial charge on any atom is 0.257 e. The van der Waals surface area contributed by atoms with Crippen LogP contribution >= 0.6 is 11.3 Å². The summed E-state index contributed by atoms with van der Waals surface area (Å²) in [6, 6.07) is 5.14. The van der Waals surface area contributed by atoms with Crippen LogP contribution in [-0.2, 0) is 0 Å². The summed E-state index contributed by atoms with van der Waals surface area (Å²) >= 11 is 1.46. The van der Waals surface area contributed by atoms with Crippen molar-refractivity contribution in [2.75, 3.05) is 5.32 Å². The first-order chi connectivity index (χ1) is 9.13. The first-order valence-electron chi connectivity index (χ1n) is 5.72. The fraction of sp³-hybridized carbons (Fsp3) is 0.154. The number of thiazole rings is 1. The van der Waals surface area contributed by atoms with Crippen LogP contribution in [0.1, 0.15) is 20.9 Å². The highest BCUT2D eigenvalue weighted by Crippen LogP contribution is 2.22. The van der Waals surface area contributed by atoms with Gasteiger partial charge in [-0.1, -0.05) is 0 Å². The fourth-order valence-electron chi connectivity index (χ4n) is 1.69. The first-order valence-corrected chi connectivity index (χ1v) is 6.54. The van der Waals surface area contributed by atoms with Gasteiger partial charge in [0.1, 0.15) is 5.52 Å². The molecular weight excluding hydrogens is 262 g/mol. The highest BCUT2D eigenvalue weighted by molar-refractivity contribution is 7.15. The number of carbonyl (C=O) groups excluding carboxylic acids is 1. The smallest absolute Gasteiger partial charge is 0.257 e. The van der Waals surface area contributed by atoms with Gasteiger partial charge < -0.3 is 4.42 Å². The van der Waals surface area contributed by atoms with Crippen molar-refractivity contribution in [1.29, 1.82) is 0 Å². The lowest BCUT2D eigenvalue weighted by atomic mass is 10.2. The van der Waals surface area contributed by atoms with Crippen LogP contribution in [0, 0.1) is 13.8 Å². The molecule has 0 fully saturated rings. The number of benzene rings is 1. The minimum absolute atomic E-state index is 0.202. The van der Waals surface area contributed by atoms with Crippen molar-refractivity contribution in [2.24, 2.45) is 0 Å². The number of amides is 1. The standard InChI is InChI=1S/C13H11N3O2S/c1-7-8(2)19-13(15-7)16-12(17)9-3-4-10-11(5-9)18-6-14-10/h3-6H,1-2H3,(H,15,16,17). The van der Waals surface area contributed by atoms with Gasteiger partial charge in [-0.15, -0.1) is 11.3 Å².